The Kier molecular flexibility index (Phi) is 4.33. The van der Waals surface area contributed by atoms with Gasteiger partial charge in [0.05, 0.1) is 0 Å². The number of hydrogen-bond acceptors (Lipinski definition) is 1. The SMILES string of the molecule is O=C(CCCC1CCc2cc(Br)ccc21)C(F)(F)F. The molecule has 1 aliphatic rings. The summed E-state index contributed by atoms with van der Waals surface area (Å²) < 4.78 is 37.3. The van der Waals surface area contributed by atoms with E-state index in [0.29, 0.717) is 18.8 Å². The molecular formula is C14H14BrF3O. The summed E-state index contributed by atoms with van der Waals surface area (Å²) in [6.45, 7) is 0. The number of carbonyl (C=O) groups excluding carboxylic acids is 1. The van der Waals surface area contributed by atoms with Crippen LogP contribution in [0.2, 0.25) is 0 Å². The van der Waals surface area contributed by atoms with E-state index in [0.717, 1.165) is 17.3 Å². The van der Waals surface area contributed by atoms with E-state index in [1.54, 1.807) is 0 Å². The third kappa shape index (κ3) is 3.59. The van der Waals surface area contributed by atoms with Crippen LogP contribution in [0.1, 0.15) is 42.7 Å². The van der Waals surface area contributed by atoms with E-state index in [1.807, 2.05) is 12.1 Å². The van der Waals surface area contributed by atoms with Crippen molar-refractivity contribution in [3.63, 3.8) is 0 Å². The van der Waals surface area contributed by atoms with Gasteiger partial charge in [-0.05, 0) is 54.9 Å². The van der Waals surface area contributed by atoms with Gasteiger partial charge in [-0.3, -0.25) is 4.79 Å². The molecule has 0 saturated heterocycles. The van der Waals surface area contributed by atoms with Gasteiger partial charge < -0.3 is 0 Å². The molecule has 1 aromatic carbocycles. The number of rotatable bonds is 4. The second-order valence-corrected chi connectivity index (χ2v) is 5.81. The summed E-state index contributed by atoms with van der Waals surface area (Å²) in [6, 6.07) is 6.05. The zero-order valence-electron chi connectivity index (χ0n) is 10.3. The Bertz CT molecular complexity index is 482. The van der Waals surface area contributed by atoms with Crippen molar-refractivity contribution in [3.05, 3.63) is 33.8 Å². The van der Waals surface area contributed by atoms with E-state index in [2.05, 4.69) is 22.0 Å². The molecule has 2 rings (SSSR count). The van der Waals surface area contributed by atoms with Crippen LogP contribution >= 0.6 is 15.9 Å². The molecule has 0 N–H and O–H groups in total. The number of aryl methyl sites for hydroxylation is 1. The summed E-state index contributed by atoms with van der Waals surface area (Å²) in [5, 5.41) is 0. The fourth-order valence-electron chi connectivity index (χ4n) is 2.62. The van der Waals surface area contributed by atoms with Gasteiger partial charge in [0.25, 0.3) is 0 Å². The number of halogens is 4. The summed E-state index contributed by atoms with van der Waals surface area (Å²) in [6.07, 6.45) is -2.20. The van der Waals surface area contributed by atoms with Crippen LogP contribution in [0, 0.1) is 0 Å². The second-order valence-electron chi connectivity index (χ2n) is 4.89. The van der Waals surface area contributed by atoms with Gasteiger partial charge in [-0.15, -0.1) is 0 Å². The van der Waals surface area contributed by atoms with Crippen LogP contribution in [-0.2, 0) is 11.2 Å². The molecule has 104 valence electrons. The number of Topliss-reactive ketones (excluding diaryl/α,β-unsaturated/α-hetero) is 1. The van der Waals surface area contributed by atoms with E-state index >= 15 is 0 Å². The van der Waals surface area contributed by atoms with Crippen LogP contribution in [0.15, 0.2) is 22.7 Å². The summed E-state index contributed by atoms with van der Waals surface area (Å²) >= 11 is 3.41. The number of carbonyl (C=O) groups is 1. The number of fused-ring (bicyclic) bond motifs is 1. The van der Waals surface area contributed by atoms with Crippen LogP contribution in [0.5, 0.6) is 0 Å². The van der Waals surface area contributed by atoms with Gasteiger partial charge in [-0.25, -0.2) is 0 Å². The molecular weight excluding hydrogens is 321 g/mol. The summed E-state index contributed by atoms with van der Waals surface area (Å²) in [7, 11) is 0. The first-order chi connectivity index (χ1) is 8.88. The lowest BCUT2D eigenvalue weighted by molar-refractivity contribution is -0.171. The Balaban J connectivity index is 1.88. The molecule has 1 nitrogen and oxygen atoms in total. The van der Waals surface area contributed by atoms with Crippen LogP contribution < -0.4 is 0 Å². The molecule has 1 aliphatic carbocycles. The Morgan fingerprint density at radius 1 is 1.37 bits per heavy atom. The van der Waals surface area contributed by atoms with Crippen molar-refractivity contribution in [2.24, 2.45) is 0 Å². The van der Waals surface area contributed by atoms with Crippen LogP contribution in [0.3, 0.4) is 0 Å². The summed E-state index contributed by atoms with van der Waals surface area (Å²) in [4.78, 5) is 10.8. The average molecular weight is 335 g/mol. The average Bonchev–Trinajstić information content (AvgIpc) is 2.70. The highest BCUT2D eigenvalue weighted by Crippen LogP contribution is 2.38. The van der Waals surface area contributed by atoms with Gasteiger partial charge in [0, 0.05) is 10.9 Å². The van der Waals surface area contributed by atoms with Crippen molar-refractivity contribution in [1.29, 1.82) is 0 Å². The molecule has 0 radical (unpaired) electrons. The third-order valence-corrected chi connectivity index (χ3v) is 4.07. The Morgan fingerprint density at radius 2 is 2.11 bits per heavy atom. The van der Waals surface area contributed by atoms with E-state index < -0.39 is 18.4 Å². The first kappa shape index (κ1) is 14.6. The maximum absolute atomic E-state index is 12.1. The zero-order chi connectivity index (χ0) is 14.0. The van der Waals surface area contributed by atoms with Gasteiger partial charge in [-0.2, -0.15) is 13.2 Å². The van der Waals surface area contributed by atoms with Gasteiger partial charge in [0.2, 0.25) is 5.78 Å². The lowest BCUT2D eigenvalue weighted by atomic mass is 9.95. The predicted octanol–water partition coefficient (Wildman–Crippen LogP) is 4.78. The maximum atomic E-state index is 12.1. The minimum Gasteiger partial charge on any atom is -0.290 e. The van der Waals surface area contributed by atoms with Gasteiger partial charge in [0.15, 0.2) is 0 Å². The first-order valence-electron chi connectivity index (χ1n) is 6.26. The van der Waals surface area contributed by atoms with Crippen LogP contribution in [-0.4, -0.2) is 12.0 Å². The smallest absolute Gasteiger partial charge is 0.290 e. The molecule has 0 saturated carbocycles. The van der Waals surface area contributed by atoms with E-state index in [9.17, 15) is 18.0 Å². The molecule has 19 heavy (non-hydrogen) atoms. The summed E-state index contributed by atoms with van der Waals surface area (Å²) in [5.74, 6) is -1.31. The lowest BCUT2D eigenvalue weighted by Gasteiger charge is -2.11. The maximum Gasteiger partial charge on any atom is 0.449 e. The number of alkyl halides is 3. The molecule has 0 amide bonds. The van der Waals surface area contributed by atoms with Gasteiger partial charge in [-0.1, -0.05) is 22.0 Å². The highest BCUT2D eigenvalue weighted by Gasteiger charge is 2.37. The molecule has 0 aromatic heterocycles. The highest BCUT2D eigenvalue weighted by molar-refractivity contribution is 9.10. The van der Waals surface area contributed by atoms with E-state index in [1.165, 1.54) is 11.1 Å². The normalized spacial score (nSPS) is 18.4. The molecule has 5 heteroatoms. The standard InChI is InChI=1S/C14H14BrF3O/c15-11-6-7-12-9(4-5-10(12)8-11)2-1-3-13(19)14(16,17)18/h6-9H,1-5H2. The Labute approximate surface area is 118 Å². The zero-order valence-corrected chi connectivity index (χ0v) is 11.9. The Hall–Kier alpha value is -0.840. The lowest BCUT2D eigenvalue weighted by Crippen LogP contribution is -2.22. The quantitative estimate of drug-likeness (QED) is 0.774. The van der Waals surface area contributed by atoms with Crippen molar-refractivity contribution >= 4 is 21.7 Å². The molecule has 0 spiro atoms. The molecule has 0 bridgehead atoms. The van der Waals surface area contributed by atoms with E-state index in [4.69, 9.17) is 0 Å². The molecule has 0 aliphatic heterocycles. The minimum absolute atomic E-state index is 0.295. The van der Waals surface area contributed by atoms with Gasteiger partial charge >= 0.3 is 6.18 Å². The molecule has 0 fully saturated rings. The second kappa shape index (κ2) is 5.65. The minimum atomic E-state index is -4.68. The first-order valence-corrected chi connectivity index (χ1v) is 7.05. The van der Waals surface area contributed by atoms with Gasteiger partial charge in [0.1, 0.15) is 0 Å². The fraction of sp³-hybridized carbons (Fsp3) is 0.500. The molecule has 1 unspecified atom stereocenters. The fourth-order valence-corrected chi connectivity index (χ4v) is 3.03. The highest BCUT2D eigenvalue weighted by atomic mass is 79.9. The van der Waals surface area contributed by atoms with Crippen LogP contribution in [0.4, 0.5) is 13.2 Å². The molecule has 1 aromatic rings. The predicted molar refractivity (Wildman–Crippen MR) is 70.1 cm³/mol. The number of ketones is 1. The van der Waals surface area contributed by atoms with Crippen molar-refractivity contribution < 1.29 is 18.0 Å². The van der Waals surface area contributed by atoms with Crippen molar-refractivity contribution in [1.82, 2.24) is 0 Å². The molecule has 0 heterocycles. The monoisotopic (exact) mass is 334 g/mol. The van der Waals surface area contributed by atoms with Crippen molar-refractivity contribution in [2.75, 3.05) is 0 Å². The van der Waals surface area contributed by atoms with E-state index in [-0.39, 0.29) is 0 Å². The summed E-state index contributed by atoms with van der Waals surface area (Å²) in [5.41, 5.74) is 2.49. The number of hydrogen-bond donors (Lipinski definition) is 0. The topological polar surface area (TPSA) is 17.1 Å². The van der Waals surface area contributed by atoms with Crippen molar-refractivity contribution in [2.45, 2.75) is 44.2 Å². The number of benzene rings is 1. The third-order valence-electron chi connectivity index (χ3n) is 3.58. The molecule has 1 atom stereocenters. The largest absolute Gasteiger partial charge is 0.449 e. The van der Waals surface area contributed by atoms with Crippen LogP contribution in [0.25, 0.3) is 0 Å². The van der Waals surface area contributed by atoms with Crippen molar-refractivity contribution in [3.8, 4) is 0 Å². The Morgan fingerprint density at radius 3 is 2.79 bits per heavy atom.